The molecule has 0 aromatic heterocycles. The van der Waals surface area contributed by atoms with E-state index >= 15 is 0 Å². The van der Waals surface area contributed by atoms with E-state index in [0.29, 0.717) is 12.5 Å². The molecule has 0 atom stereocenters. The van der Waals surface area contributed by atoms with Crippen molar-refractivity contribution < 1.29 is 14.2 Å². The molecule has 4 nitrogen and oxygen atoms in total. The number of amides is 1. The quantitative estimate of drug-likeness (QED) is 0.898. The fourth-order valence-corrected chi connectivity index (χ4v) is 2.48. The molecule has 2 N–H and O–H groups in total. The van der Waals surface area contributed by atoms with E-state index in [1.54, 1.807) is 17.0 Å². The van der Waals surface area contributed by atoms with Crippen LogP contribution in [0.2, 0.25) is 0 Å². The number of carbonyl (C=O) groups is 1. The molecule has 5 heteroatoms. The maximum atomic E-state index is 13.0. The third-order valence-electron chi connectivity index (χ3n) is 4.00. The van der Waals surface area contributed by atoms with E-state index in [0.717, 1.165) is 11.3 Å². The Morgan fingerprint density at radius 3 is 2.57 bits per heavy atom. The molecule has 3 rings (SSSR count). The second-order valence-electron chi connectivity index (χ2n) is 5.73. The van der Waals surface area contributed by atoms with Crippen molar-refractivity contribution in [3.63, 3.8) is 0 Å². The predicted octanol–water partition coefficient (Wildman–Crippen LogP) is 1.33. The summed E-state index contributed by atoms with van der Waals surface area (Å²) in [6.07, 6.45) is 0. The molecule has 2 aromatic rings. The van der Waals surface area contributed by atoms with Crippen molar-refractivity contribution in [1.29, 1.82) is 0 Å². The summed E-state index contributed by atoms with van der Waals surface area (Å²) < 4.78 is 13.0. The molecule has 23 heavy (non-hydrogen) atoms. The zero-order chi connectivity index (χ0) is 16.4. The van der Waals surface area contributed by atoms with Crippen molar-refractivity contribution in [2.45, 2.75) is 20.4 Å². The van der Waals surface area contributed by atoms with E-state index in [1.165, 1.54) is 23.3 Å². The van der Waals surface area contributed by atoms with Crippen LogP contribution in [-0.4, -0.2) is 23.3 Å². The minimum atomic E-state index is -0.280. The molecule has 0 unspecified atom stereocenters. The number of hydrogen-bond donors (Lipinski definition) is 2. The van der Waals surface area contributed by atoms with E-state index in [-0.39, 0.29) is 18.3 Å². The molecule has 0 fully saturated rings. The summed E-state index contributed by atoms with van der Waals surface area (Å²) in [5.74, 6) is 0.361. The van der Waals surface area contributed by atoms with Crippen molar-refractivity contribution in [2.24, 2.45) is 0 Å². The second kappa shape index (κ2) is 6.20. The SMILES string of the molecule is Cc1ccc(NC2=[NH+]CC(=O)N2Cc2ccc(F)cc2)cc1C. The third kappa shape index (κ3) is 3.39. The van der Waals surface area contributed by atoms with Crippen LogP contribution in [0.1, 0.15) is 16.7 Å². The average molecular weight is 312 g/mol. The number of carbonyl (C=O) groups excluding carboxylic acids is 1. The predicted molar refractivity (Wildman–Crippen MR) is 87.3 cm³/mol. The lowest BCUT2D eigenvalue weighted by atomic mass is 10.1. The van der Waals surface area contributed by atoms with Gasteiger partial charge in [-0.2, -0.15) is 4.90 Å². The van der Waals surface area contributed by atoms with E-state index in [1.807, 2.05) is 18.2 Å². The number of benzene rings is 2. The highest BCUT2D eigenvalue weighted by Gasteiger charge is 2.32. The summed E-state index contributed by atoms with van der Waals surface area (Å²) in [6.45, 7) is 4.77. The molecule has 2 aromatic carbocycles. The highest BCUT2D eigenvalue weighted by Crippen LogP contribution is 2.15. The van der Waals surface area contributed by atoms with Crippen LogP contribution in [0, 0.1) is 19.7 Å². The molecular weight excluding hydrogens is 293 g/mol. The minimum absolute atomic E-state index is 0.0133. The van der Waals surface area contributed by atoms with E-state index in [9.17, 15) is 9.18 Å². The molecule has 0 spiro atoms. The Bertz CT molecular complexity index is 768. The fraction of sp³-hybridized carbons (Fsp3) is 0.222. The second-order valence-corrected chi connectivity index (χ2v) is 5.73. The van der Waals surface area contributed by atoms with Crippen LogP contribution in [0.25, 0.3) is 0 Å². The van der Waals surface area contributed by atoms with Crippen LogP contribution in [-0.2, 0) is 11.3 Å². The van der Waals surface area contributed by atoms with Gasteiger partial charge < -0.3 is 0 Å². The Morgan fingerprint density at radius 1 is 1.13 bits per heavy atom. The summed E-state index contributed by atoms with van der Waals surface area (Å²) in [6, 6.07) is 12.3. The van der Waals surface area contributed by atoms with Crippen molar-refractivity contribution >= 4 is 17.6 Å². The summed E-state index contributed by atoms with van der Waals surface area (Å²) in [5.41, 5.74) is 4.21. The molecule has 0 bridgehead atoms. The number of nitrogens with one attached hydrogen (secondary N) is 2. The van der Waals surface area contributed by atoms with Gasteiger partial charge in [0.1, 0.15) is 12.4 Å². The van der Waals surface area contributed by atoms with Gasteiger partial charge in [-0.3, -0.25) is 9.79 Å². The van der Waals surface area contributed by atoms with Gasteiger partial charge in [0.2, 0.25) is 0 Å². The van der Waals surface area contributed by atoms with Crippen LogP contribution in [0.3, 0.4) is 0 Å². The number of aryl methyl sites for hydroxylation is 2. The number of hydrogen-bond acceptors (Lipinski definition) is 2. The van der Waals surface area contributed by atoms with Crippen molar-refractivity contribution in [3.05, 3.63) is 65.0 Å². The number of halogens is 1. The van der Waals surface area contributed by atoms with Crippen molar-refractivity contribution in [3.8, 4) is 0 Å². The van der Waals surface area contributed by atoms with Crippen LogP contribution >= 0.6 is 0 Å². The van der Waals surface area contributed by atoms with E-state index in [4.69, 9.17) is 0 Å². The third-order valence-corrected chi connectivity index (χ3v) is 4.00. The summed E-state index contributed by atoms with van der Waals surface area (Å²) in [7, 11) is 0. The summed E-state index contributed by atoms with van der Waals surface area (Å²) in [5, 5.41) is 3.26. The highest BCUT2D eigenvalue weighted by atomic mass is 19.1. The Morgan fingerprint density at radius 2 is 1.87 bits per heavy atom. The molecule has 1 aliphatic heterocycles. The minimum Gasteiger partial charge on any atom is -0.266 e. The Hall–Kier alpha value is -2.69. The van der Waals surface area contributed by atoms with Gasteiger partial charge >= 0.3 is 11.9 Å². The van der Waals surface area contributed by atoms with Gasteiger partial charge in [-0.15, -0.1) is 0 Å². The maximum Gasteiger partial charge on any atom is 0.358 e. The molecular formula is C18H19FN3O+. The lowest BCUT2D eigenvalue weighted by Crippen LogP contribution is -2.72. The standard InChI is InChI=1S/C18H18FN3O/c1-12-3-8-16(9-13(12)2)21-18-20-10-17(23)22(18)11-14-4-6-15(19)7-5-14/h3-9H,10-11H2,1-2H3,(H,20,21)/p+1. The zero-order valence-corrected chi connectivity index (χ0v) is 13.2. The molecule has 0 saturated heterocycles. The van der Waals surface area contributed by atoms with Crippen molar-refractivity contribution in [2.75, 3.05) is 11.9 Å². The monoisotopic (exact) mass is 312 g/mol. The van der Waals surface area contributed by atoms with Gasteiger partial charge in [-0.25, -0.2) is 9.71 Å². The Balaban J connectivity index is 1.76. The van der Waals surface area contributed by atoms with Gasteiger partial charge in [0.05, 0.1) is 5.69 Å². The topological polar surface area (TPSA) is 46.3 Å². The van der Waals surface area contributed by atoms with Gasteiger partial charge in [-0.1, -0.05) is 18.2 Å². The first-order valence-electron chi connectivity index (χ1n) is 7.53. The highest BCUT2D eigenvalue weighted by molar-refractivity contribution is 6.04. The van der Waals surface area contributed by atoms with E-state index < -0.39 is 0 Å². The van der Waals surface area contributed by atoms with Gasteiger partial charge in [-0.05, 0) is 54.8 Å². The average Bonchev–Trinajstić information content (AvgIpc) is 2.86. The molecule has 0 radical (unpaired) electrons. The number of anilines is 1. The summed E-state index contributed by atoms with van der Waals surface area (Å²) in [4.78, 5) is 16.8. The molecule has 1 heterocycles. The van der Waals surface area contributed by atoms with Gasteiger partial charge in [0.15, 0.2) is 6.54 Å². The maximum absolute atomic E-state index is 13.0. The first-order valence-corrected chi connectivity index (χ1v) is 7.53. The lowest BCUT2D eigenvalue weighted by Gasteiger charge is -2.13. The largest absolute Gasteiger partial charge is 0.358 e. The smallest absolute Gasteiger partial charge is 0.266 e. The molecule has 0 aliphatic carbocycles. The van der Waals surface area contributed by atoms with Gasteiger partial charge in [0.25, 0.3) is 0 Å². The fourth-order valence-electron chi connectivity index (χ4n) is 2.48. The Kier molecular flexibility index (Phi) is 4.10. The molecule has 1 amide bonds. The van der Waals surface area contributed by atoms with Crippen LogP contribution < -0.4 is 10.3 Å². The van der Waals surface area contributed by atoms with Crippen LogP contribution in [0.15, 0.2) is 42.5 Å². The summed E-state index contributed by atoms with van der Waals surface area (Å²) >= 11 is 0. The number of rotatable bonds is 3. The number of guanidine groups is 1. The zero-order valence-electron chi connectivity index (χ0n) is 13.2. The normalized spacial score (nSPS) is 14.1. The molecule has 118 valence electrons. The van der Waals surface area contributed by atoms with Crippen molar-refractivity contribution in [1.82, 2.24) is 4.90 Å². The number of nitrogens with zero attached hydrogens (tertiary/aromatic N) is 1. The van der Waals surface area contributed by atoms with Crippen LogP contribution in [0.4, 0.5) is 10.1 Å². The molecule has 0 saturated carbocycles. The lowest BCUT2D eigenvalue weighted by molar-refractivity contribution is -0.438. The van der Waals surface area contributed by atoms with Crippen LogP contribution in [0.5, 0.6) is 0 Å². The van der Waals surface area contributed by atoms with Gasteiger partial charge in [0, 0.05) is 0 Å². The first kappa shape index (κ1) is 15.2. The van der Waals surface area contributed by atoms with E-state index in [2.05, 4.69) is 24.2 Å². The first-order chi connectivity index (χ1) is 11.0. The Labute approximate surface area is 134 Å². The molecule has 1 aliphatic rings.